The Hall–Kier alpha value is -0.900. The Morgan fingerprint density at radius 2 is 1.81 bits per heavy atom. The molecule has 0 aromatic heterocycles. The largest absolute Gasteiger partial charge is 0.329 e. The number of likely N-dealkylation sites (tertiary alicyclic amines) is 1. The molecule has 1 aliphatic heterocycles. The normalized spacial score (nSPS) is 16.4. The molecule has 2 rings (SSSR count). The van der Waals surface area contributed by atoms with Gasteiger partial charge >= 0.3 is 0 Å². The highest BCUT2D eigenvalue weighted by molar-refractivity contribution is 7.89. The van der Waals surface area contributed by atoms with Gasteiger partial charge in [-0.15, -0.1) is 24.8 Å². The van der Waals surface area contributed by atoms with E-state index < -0.39 is 10.0 Å². The maximum atomic E-state index is 12.5. The van der Waals surface area contributed by atoms with E-state index in [0.29, 0.717) is 5.69 Å². The Morgan fingerprint density at radius 1 is 1.19 bits per heavy atom. The summed E-state index contributed by atoms with van der Waals surface area (Å²) in [6.07, 6.45) is 4.64. The fraction of sp³-hybridized carbons (Fsp3) is 0.588. The van der Waals surface area contributed by atoms with Crippen LogP contribution >= 0.6 is 24.8 Å². The minimum absolute atomic E-state index is 0. The summed E-state index contributed by atoms with van der Waals surface area (Å²) in [5.74, 6) is -0.119. The average molecular weight is 441 g/mol. The van der Waals surface area contributed by atoms with E-state index in [1.807, 2.05) is 6.92 Å². The summed E-state index contributed by atoms with van der Waals surface area (Å²) in [5, 5.41) is 2.83. The summed E-state index contributed by atoms with van der Waals surface area (Å²) in [6.45, 7) is 4.13. The molecule has 0 spiro atoms. The highest BCUT2D eigenvalue weighted by Crippen LogP contribution is 2.17. The SMILES string of the molecule is CC(C(=O)Nc1cccc(S(=O)(=O)NCCN)c1)N1CCCCCC1.Cl.Cl. The zero-order valence-corrected chi connectivity index (χ0v) is 18.0. The number of anilines is 1. The van der Waals surface area contributed by atoms with Crippen LogP contribution in [0, 0.1) is 0 Å². The number of hydrogen-bond donors (Lipinski definition) is 3. The molecule has 0 aliphatic carbocycles. The van der Waals surface area contributed by atoms with Crippen LogP contribution in [0.2, 0.25) is 0 Å². The molecule has 4 N–H and O–H groups in total. The topological polar surface area (TPSA) is 105 Å². The Balaban J connectivity index is 0.00000338. The summed E-state index contributed by atoms with van der Waals surface area (Å²) in [4.78, 5) is 14.8. The molecule has 1 aliphatic rings. The van der Waals surface area contributed by atoms with Gasteiger partial charge in [-0.05, 0) is 51.1 Å². The zero-order valence-electron chi connectivity index (χ0n) is 15.5. The smallest absolute Gasteiger partial charge is 0.241 e. The number of hydrogen-bond acceptors (Lipinski definition) is 5. The van der Waals surface area contributed by atoms with Crippen molar-refractivity contribution in [3.05, 3.63) is 24.3 Å². The number of sulfonamides is 1. The molecule has 156 valence electrons. The molecule has 1 aromatic carbocycles. The van der Waals surface area contributed by atoms with Crippen molar-refractivity contribution in [2.75, 3.05) is 31.5 Å². The standard InChI is InChI=1S/C17H28N4O3S.2ClH/c1-14(21-11-4-2-3-5-12-21)17(22)20-15-7-6-8-16(13-15)25(23,24)19-10-9-18;;/h6-8,13-14,19H,2-5,9-12,18H2,1H3,(H,20,22);2*1H. The predicted octanol–water partition coefficient (Wildman–Crippen LogP) is 1.97. The number of nitrogens with one attached hydrogen (secondary N) is 2. The van der Waals surface area contributed by atoms with Gasteiger partial charge in [-0.2, -0.15) is 0 Å². The van der Waals surface area contributed by atoms with Gasteiger partial charge in [-0.3, -0.25) is 9.69 Å². The number of carbonyl (C=O) groups is 1. The summed E-state index contributed by atoms with van der Waals surface area (Å²) < 4.78 is 26.7. The Kier molecular flexibility index (Phi) is 12.1. The fourth-order valence-electron chi connectivity index (χ4n) is 2.91. The number of carbonyl (C=O) groups excluding carboxylic acids is 1. The first-order valence-corrected chi connectivity index (χ1v) is 10.3. The molecule has 10 heteroatoms. The van der Waals surface area contributed by atoms with E-state index in [9.17, 15) is 13.2 Å². The van der Waals surface area contributed by atoms with Crippen molar-refractivity contribution in [1.82, 2.24) is 9.62 Å². The number of nitrogens with two attached hydrogens (primary N) is 1. The molecule has 7 nitrogen and oxygen atoms in total. The lowest BCUT2D eigenvalue weighted by Crippen LogP contribution is -2.42. The molecule has 27 heavy (non-hydrogen) atoms. The lowest BCUT2D eigenvalue weighted by atomic mass is 10.2. The molecule has 1 heterocycles. The van der Waals surface area contributed by atoms with Crippen molar-refractivity contribution in [2.24, 2.45) is 5.73 Å². The highest BCUT2D eigenvalue weighted by atomic mass is 35.5. The molecular weight excluding hydrogens is 411 g/mol. The van der Waals surface area contributed by atoms with Gasteiger partial charge in [0, 0.05) is 18.8 Å². The van der Waals surface area contributed by atoms with E-state index in [1.54, 1.807) is 12.1 Å². The van der Waals surface area contributed by atoms with Gasteiger partial charge in [0.2, 0.25) is 15.9 Å². The van der Waals surface area contributed by atoms with Crippen molar-refractivity contribution in [3.63, 3.8) is 0 Å². The second kappa shape index (κ2) is 12.5. The highest BCUT2D eigenvalue weighted by Gasteiger charge is 2.22. The van der Waals surface area contributed by atoms with Crippen LogP contribution < -0.4 is 15.8 Å². The molecule has 1 atom stereocenters. The van der Waals surface area contributed by atoms with Crippen LogP contribution in [0.1, 0.15) is 32.6 Å². The van der Waals surface area contributed by atoms with Crippen LogP contribution in [0.5, 0.6) is 0 Å². The number of amides is 1. The van der Waals surface area contributed by atoms with Gasteiger partial charge in [0.25, 0.3) is 0 Å². The van der Waals surface area contributed by atoms with E-state index in [4.69, 9.17) is 5.73 Å². The Bertz CT molecular complexity index is 681. The summed E-state index contributed by atoms with van der Waals surface area (Å²) in [6, 6.07) is 6.02. The van der Waals surface area contributed by atoms with E-state index in [-0.39, 0.29) is 54.7 Å². The maximum Gasteiger partial charge on any atom is 0.241 e. The lowest BCUT2D eigenvalue weighted by molar-refractivity contribution is -0.120. The molecular formula is C17H30Cl2N4O3S. The van der Waals surface area contributed by atoms with E-state index in [2.05, 4.69) is 14.9 Å². The van der Waals surface area contributed by atoms with E-state index in [0.717, 1.165) is 25.9 Å². The number of halogens is 2. The first-order valence-electron chi connectivity index (χ1n) is 8.79. The predicted molar refractivity (Wildman–Crippen MR) is 113 cm³/mol. The zero-order chi connectivity index (χ0) is 18.3. The third-order valence-electron chi connectivity index (χ3n) is 4.42. The second-order valence-corrected chi connectivity index (χ2v) is 8.10. The van der Waals surface area contributed by atoms with E-state index in [1.165, 1.54) is 25.0 Å². The summed E-state index contributed by atoms with van der Waals surface area (Å²) in [5.41, 5.74) is 5.81. The van der Waals surface area contributed by atoms with Gasteiger partial charge in [-0.25, -0.2) is 13.1 Å². The van der Waals surface area contributed by atoms with Crippen LogP contribution in [0.15, 0.2) is 29.2 Å². The van der Waals surface area contributed by atoms with Crippen molar-refractivity contribution in [2.45, 2.75) is 43.5 Å². The molecule has 0 radical (unpaired) electrons. The van der Waals surface area contributed by atoms with Crippen molar-refractivity contribution < 1.29 is 13.2 Å². The molecule has 1 aromatic rings. The minimum Gasteiger partial charge on any atom is -0.329 e. The van der Waals surface area contributed by atoms with Gasteiger partial charge in [-0.1, -0.05) is 18.9 Å². The Labute approximate surface area is 174 Å². The second-order valence-electron chi connectivity index (χ2n) is 6.33. The number of rotatable bonds is 7. The lowest BCUT2D eigenvalue weighted by Gasteiger charge is -2.26. The third kappa shape index (κ3) is 7.93. The number of benzene rings is 1. The molecule has 1 amide bonds. The quantitative estimate of drug-likeness (QED) is 0.600. The van der Waals surface area contributed by atoms with Crippen molar-refractivity contribution in [1.29, 1.82) is 0 Å². The van der Waals surface area contributed by atoms with Gasteiger partial charge < -0.3 is 11.1 Å². The van der Waals surface area contributed by atoms with E-state index >= 15 is 0 Å². The maximum absolute atomic E-state index is 12.5. The molecule has 1 fully saturated rings. The third-order valence-corrected chi connectivity index (χ3v) is 5.87. The van der Waals surface area contributed by atoms with Crippen LogP contribution in [-0.2, 0) is 14.8 Å². The molecule has 0 saturated carbocycles. The number of nitrogens with zero attached hydrogens (tertiary/aromatic N) is 1. The van der Waals surface area contributed by atoms with Crippen molar-refractivity contribution in [3.8, 4) is 0 Å². The van der Waals surface area contributed by atoms with Crippen LogP contribution in [0.25, 0.3) is 0 Å². The molecule has 0 bridgehead atoms. The molecule has 1 saturated heterocycles. The summed E-state index contributed by atoms with van der Waals surface area (Å²) >= 11 is 0. The molecule has 1 unspecified atom stereocenters. The monoisotopic (exact) mass is 440 g/mol. The van der Waals surface area contributed by atoms with Crippen LogP contribution in [0.3, 0.4) is 0 Å². The van der Waals surface area contributed by atoms with Crippen LogP contribution in [-0.4, -0.2) is 51.4 Å². The van der Waals surface area contributed by atoms with Crippen molar-refractivity contribution >= 4 is 46.4 Å². The minimum atomic E-state index is -3.62. The van der Waals surface area contributed by atoms with Gasteiger partial charge in [0.15, 0.2) is 0 Å². The average Bonchev–Trinajstić information content (AvgIpc) is 2.89. The summed E-state index contributed by atoms with van der Waals surface area (Å²) in [7, 11) is -3.62. The first-order chi connectivity index (χ1) is 11.9. The fourth-order valence-corrected chi connectivity index (χ4v) is 4.01. The first kappa shape index (κ1) is 26.1. The van der Waals surface area contributed by atoms with Crippen LogP contribution in [0.4, 0.5) is 5.69 Å². The van der Waals surface area contributed by atoms with Gasteiger partial charge in [0.05, 0.1) is 10.9 Å². The Morgan fingerprint density at radius 3 is 2.41 bits per heavy atom. The van der Waals surface area contributed by atoms with Gasteiger partial charge in [0.1, 0.15) is 0 Å².